The van der Waals surface area contributed by atoms with Gasteiger partial charge in [0.25, 0.3) is 0 Å². The van der Waals surface area contributed by atoms with Crippen LogP contribution < -0.4 is 10.6 Å². The maximum atomic E-state index is 12.1. The van der Waals surface area contributed by atoms with Crippen LogP contribution in [0.3, 0.4) is 0 Å². The molecule has 1 aromatic carbocycles. The number of anilines is 1. The van der Waals surface area contributed by atoms with Gasteiger partial charge in [-0.2, -0.15) is 0 Å². The molecule has 1 saturated carbocycles. The van der Waals surface area contributed by atoms with E-state index < -0.39 is 5.60 Å². The molecule has 0 atom stereocenters. The van der Waals surface area contributed by atoms with Crippen molar-refractivity contribution >= 4 is 11.7 Å². The largest absolute Gasteiger partial charge is 0.445 e. The van der Waals surface area contributed by atoms with Gasteiger partial charge in [-0.3, -0.25) is 0 Å². The minimum atomic E-state index is -0.758. The number of hydrogen-bond acceptors (Lipinski definition) is 4. The number of hydrogen-bond donors (Lipinski definition) is 3. The summed E-state index contributed by atoms with van der Waals surface area (Å²) < 4.78 is 5.28. The molecule has 1 aromatic heterocycles. The van der Waals surface area contributed by atoms with E-state index >= 15 is 0 Å². The van der Waals surface area contributed by atoms with Gasteiger partial charge in [-0.15, -0.1) is 0 Å². The van der Waals surface area contributed by atoms with Crippen LogP contribution in [0.4, 0.5) is 10.5 Å². The van der Waals surface area contributed by atoms with Gasteiger partial charge < -0.3 is 20.2 Å². The molecule has 1 aliphatic rings. The zero-order valence-electron chi connectivity index (χ0n) is 13.1. The number of nitrogens with zero attached hydrogens (tertiary/aromatic N) is 1. The van der Waals surface area contributed by atoms with Crippen LogP contribution >= 0.6 is 0 Å². The van der Waals surface area contributed by atoms with E-state index in [1.54, 1.807) is 6.20 Å². The SMILES string of the molecule is Cc1ccc(-c2ncco2)cc1NC(=O)NCC1(O)CCCC1. The van der Waals surface area contributed by atoms with E-state index in [1.165, 1.54) is 6.26 Å². The van der Waals surface area contributed by atoms with Crippen LogP contribution in [0.25, 0.3) is 11.5 Å². The van der Waals surface area contributed by atoms with Crippen LogP contribution in [-0.2, 0) is 0 Å². The van der Waals surface area contributed by atoms with Crippen molar-refractivity contribution in [2.45, 2.75) is 38.2 Å². The molecule has 2 amide bonds. The summed E-state index contributed by atoms with van der Waals surface area (Å²) in [6, 6.07) is 5.30. The van der Waals surface area contributed by atoms with E-state index in [0.717, 1.165) is 36.8 Å². The van der Waals surface area contributed by atoms with E-state index in [2.05, 4.69) is 15.6 Å². The molecular weight excluding hydrogens is 294 g/mol. The third-order valence-electron chi connectivity index (χ3n) is 4.28. The smallest absolute Gasteiger partial charge is 0.319 e. The fraction of sp³-hybridized carbons (Fsp3) is 0.412. The number of benzene rings is 1. The van der Waals surface area contributed by atoms with Crippen LogP contribution in [-0.4, -0.2) is 28.3 Å². The Morgan fingerprint density at radius 3 is 2.87 bits per heavy atom. The van der Waals surface area contributed by atoms with Crippen molar-refractivity contribution in [3.63, 3.8) is 0 Å². The molecule has 0 aliphatic heterocycles. The highest BCUT2D eigenvalue weighted by Crippen LogP contribution is 2.28. The topological polar surface area (TPSA) is 87.4 Å². The molecule has 0 unspecified atom stereocenters. The second-order valence-corrected chi connectivity index (χ2v) is 6.11. The van der Waals surface area contributed by atoms with Gasteiger partial charge in [0.05, 0.1) is 11.8 Å². The van der Waals surface area contributed by atoms with Crippen LogP contribution in [0.1, 0.15) is 31.2 Å². The van der Waals surface area contributed by atoms with Crippen molar-refractivity contribution in [2.75, 3.05) is 11.9 Å². The lowest BCUT2D eigenvalue weighted by Gasteiger charge is -2.22. The Kier molecular flexibility index (Phi) is 4.34. The van der Waals surface area contributed by atoms with E-state index in [0.29, 0.717) is 11.6 Å². The number of aromatic nitrogens is 1. The average molecular weight is 315 g/mol. The van der Waals surface area contributed by atoms with Gasteiger partial charge in [-0.25, -0.2) is 9.78 Å². The highest BCUT2D eigenvalue weighted by atomic mass is 16.3. The lowest BCUT2D eigenvalue weighted by atomic mass is 10.0. The predicted molar refractivity (Wildman–Crippen MR) is 87.1 cm³/mol. The zero-order chi connectivity index (χ0) is 16.3. The Bertz CT molecular complexity index is 676. The lowest BCUT2D eigenvalue weighted by Crippen LogP contribution is -2.42. The third kappa shape index (κ3) is 3.71. The summed E-state index contributed by atoms with van der Waals surface area (Å²) in [7, 11) is 0. The summed E-state index contributed by atoms with van der Waals surface area (Å²) >= 11 is 0. The highest BCUT2D eigenvalue weighted by molar-refractivity contribution is 5.90. The lowest BCUT2D eigenvalue weighted by molar-refractivity contribution is 0.0506. The molecule has 0 bridgehead atoms. The van der Waals surface area contributed by atoms with Gasteiger partial charge in [-0.1, -0.05) is 18.9 Å². The molecule has 6 nitrogen and oxygen atoms in total. The first-order valence-electron chi connectivity index (χ1n) is 7.83. The molecule has 1 heterocycles. The van der Waals surface area contributed by atoms with Crippen LogP contribution in [0.15, 0.2) is 35.1 Å². The van der Waals surface area contributed by atoms with Crippen molar-refractivity contribution in [1.29, 1.82) is 0 Å². The molecule has 3 rings (SSSR count). The predicted octanol–water partition coefficient (Wildman–Crippen LogP) is 3.08. The quantitative estimate of drug-likeness (QED) is 0.809. The molecule has 122 valence electrons. The van der Waals surface area contributed by atoms with E-state index in [4.69, 9.17) is 4.42 Å². The first-order chi connectivity index (χ1) is 11.1. The number of carbonyl (C=O) groups is 1. The van der Waals surface area contributed by atoms with Gasteiger partial charge in [0, 0.05) is 17.8 Å². The fourth-order valence-electron chi connectivity index (χ4n) is 2.88. The average Bonchev–Trinajstić information content (AvgIpc) is 3.20. The van der Waals surface area contributed by atoms with Gasteiger partial charge in [0.15, 0.2) is 0 Å². The molecule has 23 heavy (non-hydrogen) atoms. The number of amides is 2. The molecule has 1 aliphatic carbocycles. The van der Waals surface area contributed by atoms with E-state index in [-0.39, 0.29) is 12.6 Å². The number of oxazole rings is 1. The van der Waals surface area contributed by atoms with Crippen molar-refractivity contribution in [1.82, 2.24) is 10.3 Å². The number of aryl methyl sites for hydroxylation is 1. The van der Waals surface area contributed by atoms with Crippen molar-refractivity contribution < 1.29 is 14.3 Å². The third-order valence-corrected chi connectivity index (χ3v) is 4.28. The molecule has 0 saturated heterocycles. The molecule has 0 radical (unpaired) electrons. The number of nitrogens with one attached hydrogen (secondary N) is 2. The van der Waals surface area contributed by atoms with Crippen LogP contribution in [0.2, 0.25) is 0 Å². The van der Waals surface area contributed by atoms with Crippen LogP contribution in [0.5, 0.6) is 0 Å². The highest BCUT2D eigenvalue weighted by Gasteiger charge is 2.31. The van der Waals surface area contributed by atoms with Gasteiger partial charge in [0.2, 0.25) is 5.89 Å². The fourth-order valence-corrected chi connectivity index (χ4v) is 2.88. The number of aliphatic hydroxyl groups is 1. The maximum Gasteiger partial charge on any atom is 0.319 e. The summed E-state index contributed by atoms with van der Waals surface area (Å²) in [6.45, 7) is 2.19. The van der Waals surface area contributed by atoms with Gasteiger partial charge in [0.1, 0.15) is 6.26 Å². The molecule has 3 N–H and O–H groups in total. The van der Waals surface area contributed by atoms with Crippen LogP contribution in [0, 0.1) is 6.92 Å². The summed E-state index contributed by atoms with van der Waals surface area (Å²) in [5.41, 5.74) is 1.67. The maximum absolute atomic E-state index is 12.1. The first kappa shape index (κ1) is 15.6. The zero-order valence-corrected chi connectivity index (χ0v) is 13.1. The molecule has 6 heteroatoms. The first-order valence-corrected chi connectivity index (χ1v) is 7.83. The Labute approximate surface area is 134 Å². The number of rotatable bonds is 4. The number of carbonyl (C=O) groups excluding carboxylic acids is 1. The summed E-state index contributed by atoms with van der Waals surface area (Å²) in [6.07, 6.45) is 6.60. The summed E-state index contributed by atoms with van der Waals surface area (Å²) in [5, 5.41) is 15.8. The van der Waals surface area contributed by atoms with E-state index in [9.17, 15) is 9.90 Å². The minimum Gasteiger partial charge on any atom is -0.445 e. The molecule has 2 aromatic rings. The Morgan fingerprint density at radius 2 is 2.17 bits per heavy atom. The molecule has 0 spiro atoms. The second kappa shape index (κ2) is 6.42. The van der Waals surface area contributed by atoms with Crippen molar-refractivity contribution in [3.05, 3.63) is 36.2 Å². The Balaban J connectivity index is 1.65. The summed E-state index contributed by atoms with van der Waals surface area (Å²) in [5.74, 6) is 0.508. The van der Waals surface area contributed by atoms with Crippen molar-refractivity contribution in [2.24, 2.45) is 0 Å². The van der Waals surface area contributed by atoms with Crippen molar-refractivity contribution in [3.8, 4) is 11.5 Å². The summed E-state index contributed by atoms with van der Waals surface area (Å²) in [4.78, 5) is 16.2. The Hall–Kier alpha value is -2.34. The second-order valence-electron chi connectivity index (χ2n) is 6.11. The normalized spacial score (nSPS) is 16.3. The molecular formula is C17H21N3O3. The molecule has 1 fully saturated rings. The Morgan fingerprint density at radius 1 is 1.39 bits per heavy atom. The number of urea groups is 1. The minimum absolute atomic E-state index is 0.275. The van der Waals surface area contributed by atoms with Gasteiger partial charge in [-0.05, 0) is 37.5 Å². The van der Waals surface area contributed by atoms with Gasteiger partial charge >= 0.3 is 6.03 Å². The van der Waals surface area contributed by atoms with E-state index in [1.807, 2.05) is 25.1 Å². The standard InChI is InChI=1S/C17H21N3O3/c1-12-4-5-13(15-18-8-9-23-15)10-14(12)20-16(21)19-11-17(22)6-2-3-7-17/h4-5,8-10,22H,2-3,6-7,11H2,1H3,(H2,19,20,21). The monoisotopic (exact) mass is 315 g/mol.